The lowest BCUT2D eigenvalue weighted by Gasteiger charge is -2.14. The normalized spacial score (nSPS) is 39.9. The zero-order valence-electron chi connectivity index (χ0n) is 7.83. The maximum Gasteiger partial charge on any atom is 0.0847 e. The van der Waals surface area contributed by atoms with E-state index in [1.165, 1.54) is 32.1 Å². The molecule has 1 aliphatic heterocycles. The van der Waals surface area contributed by atoms with E-state index in [0.29, 0.717) is 12.2 Å². The van der Waals surface area contributed by atoms with Gasteiger partial charge in [-0.15, -0.1) is 0 Å². The number of ether oxygens (including phenoxy) is 1. The van der Waals surface area contributed by atoms with Gasteiger partial charge in [0.15, 0.2) is 0 Å². The van der Waals surface area contributed by atoms with E-state index in [9.17, 15) is 0 Å². The SMILES string of the molecule is CCC/C=C/C1CCC2OC2C1. The van der Waals surface area contributed by atoms with Gasteiger partial charge in [-0.05, 0) is 31.6 Å². The first-order valence-electron chi connectivity index (χ1n) is 5.22. The van der Waals surface area contributed by atoms with Gasteiger partial charge in [0.05, 0.1) is 12.2 Å². The summed E-state index contributed by atoms with van der Waals surface area (Å²) in [6.45, 7) is 2.23. The van der Waals surface area contributed by atoms with Gasteiger partial charge in [-0.3, -0.25) is 0 Å². The van der Waals surface area contributed by atoms with Crippen LogP contribution in [-0.4, -0.2) is 12.2 Å². The van der Waals surface area contributed by atoms with Crippen molar-refractivity contribution in [3.8, 4) is 0 Å². The molecular formula is C11H18O. The summed E-state index contributed by atoms with van der Waals surface area (Å²) in [6.07, 6.45) is 12.5. The van der Waals surface area contributed by atoms with Crippen molar-refractivity contribution < 1.29 is 4.74 Å². The van der Waals surface area contributed by atoms with Gasteiger partial charge >= 0.3 is 0 Å². The van der Waals surface area contributed by atoms with Crippen molar-refractivity contribution in [3.05, 3.63) is 12.2 Å². The fourth-order valence-corrected chi connectivity index (χ4v) is 2.07. The maximum absolute atomic E-state index is 5.48. The summed E-state index contributed by atoms with van der Waals surface area (Å²) in [4.78, 5) is 0. The molecule has 0 radical (unpaired) electrons. The Morgan fingerprint density at radius 2 is 2.25 bits per heavy atom. The van der Waals surface area contributed by atoms with E-state index in [0.717, 1.165) is 5.92 Å². The molecule has 1 heteroatoms. The largest absolute Gasteiger partial charge is 0.370 e. The lowest BCUT2D eigenvalue weighted by molar-refractivity contribution is 0.370. The molecule has 0 amide bonds. The quantitative estimate of drug-likeness (QED) is 0.464. The second kappa shape index (κ2) is 3.61. The lowest BCUT2D eigenvalue weighted by atomic mass is 9.89. The van der Waals surface area contributed by atoms with E-state index < -0.39 is 0 Å². The summed E-state index contributed by atoms with van der Waals surface area (Å²) in [7, 11) is 0. The Hall–Kier alpha value is -0.300. The van der Waals surface area contributed by atoms with E-state index >= 15 is 0 Å². The molecule has 3 atom stereocenters. The molecule has 0 aromatic rings. The molecule has 1 aliphatic carbocycles. The van der Waals surface area contributed by atoms with Crippen LogP contribution >= 0.6 is 0 Å². The summed E-state index contributed by atoms with van der Waals surface area (Å²) in [5.41, 5.74) is 0. The molecule has 12 heavy (non-hydrogen) atoms. The van der Waals surface area contributed by atoms with Gasteiger partial charge < -0.3 is 4.74 Å². The van der Waals surface area contributed by atoms with Gasteiger partial charge in [-0.1, -0.05) is 25.5 Å². The fourth-order valence-electron chi connectivity index (χ4n) is 2.07. The number of fused-ring (bicyclic) bond motifs is 1. The molecule has 0 bridgehead atoms. The van der Waals surface area contributed by atoms with Gasteiger partial charge in [-0.2, -0.15) is 0 Å². The van der Waals surface area contributed by atoms with E-state index in [4.69, 9.17) is 4.74 Å². The molecule has 1 saturated carbocycles. The number of allylic oxidation sites excluding steroid dienone is 2. The molecule has 2 fully saturated rings. The second-order valence-corrected chi connectivity index (χ2v) is 4.00. The molecule has 1 nitrogen and oxygen atoms in total. The van der Waals surface area contributed by atoms with Gasteiger partial charge in [-0.25, -0.2) is 0 Å². The highest BCUT2D eigenvalue weighted by Gasteiger charge is 2.42. The van der Waals surface area contributed by atoms with Crippen molar-refractivity contribution in [1.29, 1.82) is 0 Å². The Balaban J connectivity index is 1.73. The average Bonchev–Trinajstić information content (AvgIpc) is 2.83. The van der Waals surface area contributed by atoms with Crippen molar-refractivity contribution in [1.82, 2.24) is 0 Å². The van der Waals surface area contributed by atoms with E-state index in [1.54, 1.807) is 0 Å². The molecule has 1 saturated heterocycles. The number of epoxide rings is 1. The fraction of sp³-hybridized carbons (Fsp3) is 0.818. The Kier molecular flexibility index (Phi) is 2.50. The van der Waals surface area contributed by atoms with Crippen LogP contribution in [0.15, 0.2) is 12.2 Å². The summed E-state index contributed by atoms with van der Waals surface area (Å²) in [5.74, 6) is 0.820. The van der Waals surface area contributed by atoms with Crippen LogP contribution < -0.4 is 0 Å². The third kappa shape index (κ3) is 1.89. The van der Waals surface area contributed by atoms with Crippen molar-refractivity contribution in [3.63, 3.8) is 0 Å². The zero-order chi connectivity index (χ0) is 8.39. The predicted molar refractivity (Wildman–Crippen MR) is 50.1 cm³/mol. The molecule has 2 aliphatic rings. The Bertz CT molecular complexity index is 174. The topological polar surface area (TPSA) is 12.5 Å². The molecule has 0 aromatic carbocycles. The Morgan fingerprint density at radius 3 is 3.00 bits per heavy atom. The highest BCUT2D eigenvalue weighted by Crippen LogP contribution is 2.39. The van der Waals surface area contributed by atoms with E-state index in [1.807, 2.05) is 0 Å². The third-order valence-corrected chi connectivity index (χ3v) is 2.91. The third-order valence-electron chi connectivity index (χ3n) is 2.91. The number of hydrogen-bond donors (Lipinski definition) is 0. The van der Waals surface area contributed by atoms with Gasteiger partial charge in [0.25, 0.3) is 0 Å². The molecule has 1 heterocycles. The monoisotopic (exact) mass is 166 g/mol. The summed E-state index contributed by atoms with van der Waals surface area (Å²) >= 11 is 0. The van der Waals surface area contributed by atoms with Crippen LogP contribution in [0, 0.1) is 5.92 Å². The molecule has 2 rings (SSSR count). The first-order chi connectivity index (χ1) is 5.90. The predicted octanol–water partition coefficient (Wildman–Crippen LogP) is 2.91. The smallest absolute Gasteiger partial charge is 0.0847 e. The second-order valence-electron chi connectivity index (χ2n) is 4.00. The number of unbranched alkanes of at least 4 members (excludes halogenated alkanes) is 1. The van der Waals surface area contributed by atoms with Crippen LogP contribution in [0.2, 0.25) is 0 Å². The number of hydrogen-bond acceptors (Lipinski definition) is 1. The van der Waals surface area contributed by atoms with Gasteiger partial charge in [0, 0.05) is 0 Å². The molecule has 0 aromatic heterocycles. The van der Waals surface area contributed by atoms with Crippen molar-refractivity contribution in [2.75, 3.05) is 0 Å². The van der Waals surface area contributed by atoms with Crippen LogP contribution in [0.25, 0.3) is 0 Å². The van der Waals surface area contributed by atoms with Crippen LogP contribution in [0.1, 0.15) is 39.0 Å². The Labute approximate surface area is 74.8 Å². The Morgan fingerprint density at radius 1 is 1.33 bits per heavy atom. The summed E-state index contributed by atoms with van der Waals surface area (Å²) in [6, 6.07) is 0. The highest BCUT2D eigenvalue weighted by molar-refractivity contribution is 4.99. The van der Waals surface area contributed by atoms with Crippen LogP contribution in [-0.2, 0) is 4.74 Å². The van der Waals surface area contributed by atoms with Crippen molar-refractivity contribution in [2.45, 2.75) is 51.2 Å². The van der Waals surface area contributed by atoms with E-state index in [-0.39, 0.29) is 0 Å². The van der Waals surface area contributed by atoms with Crippen molar-refractivity contribution in [2.24, 2.45) is 5.92 Å². The molecule has 0 N–H and O–H groups in total. The van der Waals surface area contributed by atoms with Gasteiger partial charge in [0.2, 0.25) is 0 Å². The van der Waals surface area contributed by atoms with Crippen LogP contribution in [0.4, 0.5) is 0 Å². The minimum absolute atomic E-state index is 0.634. The minimum atomic E-state index is 0.634. The van der Waals surface area contributed by atoms with E-state index in [2.05, 4.69) is 19.1 Å². The molecule has 3 unspecified atom stereocenters. The van der Waals surface area contributed by atoms with Crippen LogP contribution in [0.5, 0.6) is 0 Å². The molecular weight excluding hydrogens is 148 g/mol. The van der Waals surface area contributed by atoms with Crippen LogP contribution in [0.3, 0.4) is 0 Å². The minimum Gasteiger partial charge on any atom is -0.370 e. The average molecular weight is 166 g/mol. The first-order valence-corrected chi connectivity index (χ1v) is 5.22. The summed E-state index contributed by atoms with van der Waals surface area (Å²) < 4.78 is 5.48. The maximum atomic E-state index is 5.48. The summed E-state index contributed by atoms with van der Waals surface area (Å²) in [5, 5.41) is 0. The molecule has 68 valence electrons. The lowest BCUT2D eigenvalue weighted by Crippen LogP contribution is -2.10. The zero-order valence-corrected chi connectivity index (χ0v) is 7.83. The highest BCUT2D eigenvalue weighted by atomic mass is 16.6. The van der Waals surface area contributed by atoms with Crippen molar-refractivity contribution >= 4 is 0 Å². The molecule has 0 spiro atoms. The van der Waals surface area contributed by atoms with Gasteiger partial charge in [0.1, 0.15) is 0 Å². The first kappa shape index (κ1) is 8.31. The number of rotatable bonds is 3. The standard InChI is InChI=1S/C11H18O/c1-2-3-4-5-9-6-7-10-11(8-9)12-10/h4-5,9-11H,2-3,6-8H2,1H3/b5-4+.